The van der Waals surface area contributed by atoms with Gasteiger partial charge in [0.25, 0.3) is 0 Å². The van der Waals surface area contributed by atoms with Gasteiger partial charge in [0.15, 0.2) is 0 Å². The monoisotopic (exact) mass is 224 g/mol. The molecule has 1 amide bonds. The zero-order chi connectivity index (χ0) is 12.0. The van der Waals surface area contributed by atoms with E-state index < -0.39 is 0 Å². The first-order valence-electron chi connectivity index (χ1n) is 4.86. The van der Waals surface area contributed by atoms with Crippen LogP contribution >= 0.6 is 0 Å². The molecule has 0 atom stereocenters. The Morgan fingerprint density at radius 2 is 1.81 bits per heavy atom. The first-order valence-corrected chi connectivity index (χ1v) is 4.86. The van der Waals surface area contributed by atoms with Crippen LogP contribution in [0.15, 0.2) is 18.2 Å². The van der Waals surface area contributed by atoms with Crippen molar-refractivity contribution in [2.45, 2.75) is 6.54 Å². The van der Waals surface area contributed by atoms with E-state index in [1.807, 2.05) is 12.1 Å². The van der Waals surface area contributed by atoms with Gasteiger partial charge >= 0.3 is 0 Å². The van der Waals surface area contributed by atoms with Gasteiger partial charge in [-0.2, -0.15) is 0 Å². The highest BCUT2D eigenvalue weighted by molar-refractivity contribution is 5.75. The molecular weight excluding hydrogens is 208 g/mol. The molecule has 0 fully saturated rings. The summed E-state index contributed by atoms with van der Waals surface area (Å²) < 4.78 is 10.3. The van der Waals surface area contributed by atoms with Gasteiger partial charge in [-0.25, -0.2) is 0 Å². The molecule has 0 heterocycles. The van der Waals surface area contributed by atoms with Crippen LogP contribution in [0.25, 0.3) is 0 Å². The van der Waals surface area contributed by atoms with Gasteiger partial charge in [0.2, 0.25) is 5.91 Å². The van der Waals surface area contributed by atoms with Crippen molar-refractivity contribution in [1.29, 1.82) is 0 Å². The molecule has 0 aromatic heterocycles. The Morgan fingerprint density at radius 1 is 1.25 bits per heavy atom. The summed E-state index contributed by atoms with van der Waals surface area (Å²) in [6.07, 6.45) is 0. The highest BCUT2D eigenvalue weighted by Gasteiger charge is 2.02. The molecule has 0 radical (unpaired) electrons. The lowest BCUT2D eigenvalue weighted by molar-refractivity contribution is -0.117. The molecular formula is C11H16N2O3. The van der Waals surface area contributed by atoms with Crippen molar-refractivity contribution in [3.8, 4) is 11.5 Å². The summed E-state index contributed by atoms with van der Waals surface area (Å²) in [5.74, 6) is 1.06. The number of primary amides is 1. The Balaban J connectivity index is 2.67. The van der Waals surface area contributed by atoms with Gasteiger partial charge < -0.3 is 20.5 Å². The smallest absolute Gasteiger partial charge is 0.231 e. The van der Waals surface area contributed by atoms with Crippen molar-refractivity contribution >= 4 is 5.91 Å². The summed E-state index contributed by atoms with van der Waals surface area (Å²) in [7, 11) is 3.19. The fourth-order valence-electron chi connectivity index (χ4n) is 1.30. The lowest BCUT2D eigenvalue weighted by Gasteiger charge is -2.08. The van der Waals surface area contributed by atoms with Gasteiger partial charge in [0.05, 0.1) is 20.8 Å². The minimum Gasteiger partial charge on any atom is -0.497 e. The van der Waals surface area contributed by atoms with E-state index in [2.05, 4.69) is 5.32 Å². The number of methoxy groups -OCH3 is 2. The van der Waals surface area contributed by atoms with Crippen LogP contribution in [0.3, 0.4) is 0 Å². The minimum absolute atomic E-state index is 0.152. The molecule has 0 saturated heterocycles. The van der Waals surface area contributed by atoms with Crippen LogP contribution in [0.4, 0.5) is 0 Å². The Hall–Kier alpha value is -1.75. The van der Waals surface area contributed by atoms with Crippen molar-refractivity contribution in [1.82, 2.24) is 5.32 Å². The third-order valence-electron chi connectivity index (χ3n) is 2.04. The molecule has 16 heavy (non-hydrogen) atoms. The SMILES string of the molecule is COc1cc(CNCC(N)=O)cc(OC)c1. The van der Waals surface area contributed by atoms with E-state index in [-0.39, 0.29) is 12.5 Å². The summed E-state index contributed by atoms with van der Waals surface area (Å²) in [4.78, 5) is 10.5. The van der Waals surface area contributed by atoms with E-state index in [4.69, 9.17) is 15.2 Å². The number of nitrogens with one attached hydrogen (secondary N) is 1. The quantitative estimate of drug-likeness (QED) is 0.728. The number of ether oxygens (including phenoxy) is 2. The third kappa shape index (κ3) is 3.78. The number of amides is 1. The molecule has 0 bridgehead atoms. The van der Waals surface area contributed by atoms with Crippen LogP contribution in [0.5, 0.6) is 11.5 Å². The number of rotatable bonds is 6. The van der Waals surface area contributed by atoms with Gasteiger partial charge in [-0.1, -0.05) is 0 Å². The summed E-state index contributed by atoms with van der Waals surface area (Å²) in [6.45, 7) is 0.691. The molecule has 0 saturated carbocycles. The van der Waals surface area contributed by atoms with Crippen LogP contribution in [0, 0.1) is 0 Å². The van der Waals surface area contributed by atoms with E-state index in [1.54, 1.807) is 20.3 Å². The van der Waals surface area contributed by atoms with Crippen LogP contribution in [-0.4, -0.2) is 26.7 Å². The van der Waals surface area contributed by atoms with Crippen molar-refractivity contribution in [3.63, 3.8) is 0 Å². The molecule has 0 aliphatic heterocycles. The second-order valence-electron chi connectivity index (χ2n) is 3.29. The first kappa shape index (κ1) is 12.3. The Bertz CT molecular complexity index is 344. The molecule has 0 unspecified atom stereocenters. The molecule has 1 aromatic rings. The predicted molar refractivity (Wildman–Crippen MR) is 60.4 cm³/mol. The fourth-order valence-corrected chi connectivity index (χ4v) is 1.30. The summed E-state index contributed by atoms with van der Waals surface area (Å²) in [6, 6.07) is 5.53. The summed E-state index contributed by atoms with van der Waals surface area (Å²) >= 11 is 0. The molecule has 88 valence electrons. The maximum Gasteiger partial charge on any atom is 0.231 e. The number of nitrogens with two attached hydrogens (primary N) is 1. The van der Waals surface area contributed by atoms with Crippen molar-refractivity contribution in [2.75, 3.05) is 20.8 Å². The van der Waals surface area contributed by atoms with E-state index in [0.717, 1.165) is 17.1 Å². The first-order chi connectivity index (χ1) is 7.65. The Kier molecular flexibility index (Phi) is 4.60. The van der Waals surface area contributed by atoms with E-state index in [0.29, 0.717) is 6.54 Å². The average Bonchev–Trinajstić information content (AvgIpc) is 2.28. The van der Waals surface area contributed by atoms with Crippen molar-refractivity contribution < 1.29 is 14.3 Å². The lowest BCUT2D eigenvalue weighted by atomic mass is 10.2. The van der Waals surface area contributed by atoms with Gasteiger partial charge in [-0.05, 0) is 17.7 Å². The summed E-state index contributed by atoms with van der Waals surface area (Å²) in [5.41, 5.74) is 5.99. The van der Waals surface area contributed by atoms with Crippen LogP contribution in [0.1, 0.15) is 5.56 Å². The maximum absolute atomic E-state index is 10.5. The molecule has 5 nitrogen and oxygen atoms in total. The second-order valence-corrected chi connectivity index (χ2v) is 3.29. The number of carbonyl (C=O) groups is 1. The van der Waals surface area contributed by atoms with Crippen LogP contribution in [-0.2, 0) is 11.3 Å². The van der Waals surface area contributed by atoms with Crippen LogP contribution in [0.2, 0.25) is 0 Å². The molecule has 0 aliphatic carbocycles. The maximum atomic E-state index is 10.5. The standard InChI is InChI=1S/C11H16N2O3/c1-15-9-3-8(4-10(5-9)16-2)6-13-7-11(12)14/h3-5,13H,6-7H2,1-2H3,(H2,12,14). The number of benzene rings is 1. The van der Waals surface area contributed by atoms with Gasteiger partial charge in [0, 0.05) is 12.6 Å². The molecule has 1 rings (SSSR count). The second kappa shape index (κ2) is 5.97. The number of carbonyl (C=O) groups excluding carboxylic acids is 1. The topological polar surface area (TPSA) is 73.6 Å². The number of hydrogen-bond donors (Lipinski definition) is 2. The zero-order valence-corrected chi connectivity index (χ0v) is 9.45. The summed E-state index contributed by atoms with van der Waals surface area (Å²) in [5, 5.41) is 2.92. The highest BCUT2D eigenvalue weighted by Crippen LogP contribution is 2.22. The Labute approximate surface area is 94.5 Å². The Morgan fingerprint density at radius 3 is 2.25 bits per heavy atom. The third-order valence-corrected chi connectivity index (χ3v) is 2.04. The largest absolute Gasteiger partial charge is 0.497 e. The molecule has 0 spiro atoms. The zero-order valence-electron chi connectivity index (χ0n) is 9.45. The minimum atomic E-state index is -0.380. The molecule has 1 aromatic carbocycles. The van der Waals surface area contributed by atoms with Crippen molar-refractivity contribution in [3.05, 3.63) is 23.8 Å². The highest BCUT2D eigenvalue weighted by atomic mass is 16.5. The van der Waals surface area contributed by atoms with Gasteiger partial charge in [-0.3, -0.25) is 4.79 Å². The van der Waals surface area contributed by atoms with E-state index in [1.165, 1.54) is 0 Å². The van der Waals surface area contributed by atoms with E-state index in [9.17, 15) is 4.79 Å². The fraction of sp³-hybridized carbons (Fsp3) is 0.364. The molecule has 0 aliphatic rings. The lowest BCUT2D eigenvalue weighted by Crippen LogP contribution is -2.28. The molecule has 5 heteroatoms. The normalized spacial score (nSPS) is 9.88. The van der Waals surface area contributed by atoms with Crippen LogP contribution < -0.4 is 20.5 Å². The van der Waals surface area contributed by atoms with Gasteiger partial charge in [-0.15, -0.1) is 0 Å². The molecule has 3 N–H and O–H groups in total. The van der Waals surface area contributed by atoms with Gasteiger partial charge in [0.1, 0.15) is 11.5 Å². The number of hydrogen-bond acceptors (Lipinski definition) is 4. The van der Waals surface area contributed by atoms with Crippen molar-refractivity contribution in [2.24, 2.45) is 5.73 Å². The predicted octanol–water partition coefficient (Wildman–Crippen LogP) is 0.279. The van der Waals surface area contributed by atoms with E-state index >= 15 is 0 Å². The average molecular weight is 224 g/mol.